The molecule has 1 aromatic rings. The lowest BCUT2D eigenvalue weighted by Gasteiger charge is -2.03. The quantitative estimate of drug-likeness (QED) is 0.636. The van der Waals surface area contributed by atoms with E-state index >= 15 is 0 Å². The minimum absolute atomic E-state index is 0.212. The molecule has 1 aromatic carbocycles. The fourth-order valence-electron chi connectivity index (χ4n) is 0.846. The summed E-state index contributed by atoms with van der Waals surface area (Å²) in [5.41, 5.74) is 1.07. The Morgan fingerprint density at radius 1 is 1.27 bits per heavy atom. The molecule has 11 heavy (non-hydrogen) atoms. The summed E-state index contributed by atoms with van der Waals surface area (Å²) in [5, 5.41) is 0. The molecule has 0 N–H and O–H groups in total. The average Bonchev–Trinajstić information content (AvgIpc) is 2.03. The first-order valence-electron chi connectivity index (χ1n) is 3.39. The molecule has 0 aliphatic heterocycles. The van der Waals surface area contributed by atoms with Crippen molar-refractivity contribution >= 4 is 11.1 Å². The molecule has 0 bridgehead atoms. The second-order valence-electron chi connectivity index (χ2n) is 2.24. The summed E-state index contributed by atoms with van der Waals surface area (Å²) < 4.78 is 20.3. The number of rotatable bonds is 3. The van der Waals surface area contributed by atoms with E-state index < -0.39 is 11.1 Å². The average molecular weight is 169 g/mol. The Balaban J connectivity index is 2.45. The minimum Gasteiger partial charge on any atom is -0.772 e. The van der Waals surface area contributed by atoms with Crippen LogP contribution in [0.15, 0.2) is 30.3 Å². The highest BCUT2D eigenvalue weighted by molar-refractivity contribution is 7.79. The van der Waals surface area contributed by atoms with Crippen molar-refractivity contribution in [3.63, 3.8) is 0 Å². The zero-order chi connectivity index (χ0) is 8.10. The molecule has 2 nitrogen and oxygen atoms in total. The fraction of sp³-hybridized carbons (Fsp3) is 0.250. The monoisotopic (exact) mass is 169 g/mol. The maximum atomic E-state index is 10.2. The predicted molar refractivity (Wildman–Crippen MR) is 43.9 cm³/mol. The molecular formula is C8H9O2S-. The first-order chi connectivity index (χ1) is 5.29. The summed E-state index contributed by atoms with van der Waals surface area (Å²) in [6.07, 6.45) is 0.608. The van der Waals surface area contributed by atoms with Crippen LogP contribution in [-0.2, 0) is 17.5 Å². The molecule has 0 saturated carbocycles. The third-order valence-corrected chi connectivity index (χ3v) is 1.94. The summed E-state index contributed by atoms with van der Waals surface area (Å²) in [5.74, 6) is 0.212. The first-order valence-corrected chi connectivity index (χ1v) is 4.63. The number of aryl methyl sites for hydroxylation is 1. The van der Waals surface area contributed by atoms with Gasteiger partial charge in [0.05, 0.1) is 0 Å². The van der Waals surface area contributed by atoms with Crippen LogP contribution < -0.4 is 0 Å². The van der Waals surface area contributed by atoms with Gasteiger partial charge in [0.2, 0.25) is 0 Å². The SMILES string of the molecule is O=S([O-])CCc1ccccc1. The lowest BCUT2D eigenvalue weighted by atomic mass is 10.2. The van der Waals surface area contributed by atoms with Crippen LogP contribution in [0.25, 0.3) is 0 Å². The molecule has 1 rings (SSSR count). The van der Waals surface area contributed by atoms with Crippen LogP contribution in [0.4, 0.5) is 0 Å². The Hall–Kier alpha value is -0.670. The zero-order valence-corrected chi connectivity index (χ0v) is 6.84. The normalized spacial score (nSPS) is 12.8. The lowest BCUT2D eigenvalue weighted by Crippen LogP contribution is -1.98. The van der Waals surface area contributed by atoms with E-state index in [4.69, 9.17) is 0 Å². The van der Waals surface area contributed by atoms with Crippen LogP contribution in [0.5, 0.6) is 0 Å². The molecule has 0 aromatic heterocycles. The molecule has 0 heterocycles. The highest BCUT2D eigenvalue weighted by atomic mass is 32.2. The van der Waals surface area contributed by atoms with Gasteiger partial charge in [-0.15, -0.1) is 0 Å². The van der Waals surface area contributed by atoms with Gasteiger partial charge in [-0.3, -0.25) is 4.21 Å². The van der Waals surface area contributed by atoms with E-state index in [1.165, 1.54) is 0 Å². The van der Waals surface area contributed by atoms with Gasteiger partial charge in [-0.2, -0.15) is 0 Å². The van der Waals surface area contributed by atoms with Gasteiger partial charge in [0, 0.05) is 5.75 Å². The molecule has 0 fully saturated rings. The third-order valence-electron chi connectivity index (χ3n) is 1.40. The van der Waals surface area contributed by atoms with Gasteiger partial charge >= 0.3 is 0 Å². The summed E-state index contributed by atoms with van der Waals surface area (Å²) in [6.45, 7) is 0. The lowest BCUT2D eigenvalue weighted by molar-refractivity contribution is 0.536. The van der Waals surface area contributed by atoms with E-state index in [1.54, 1.807) is 0 Å². The van der Waals surface area contributed by atoms with Crippen molar-refractivity contribution < 1.29 is 8.76 Å². The molecule has 0 radical (unpaired) electrons. The van der Waals surface area contributed by atoms with Gasteiger partial charge in [0.1, 0.15) is 0 Å². The number of benzene rings is 1. The van der Waals surface area contributed by atoms with Gasteiger partial charge in [-0.25, -0.2) is 0 Å². The van der Waals surface area contributed by atoms with Crippen molar-refractivity contribution in [2.75, 3.05) is 5.75 Å². The Kier molecular flexibility index (Phi) is 3.26. The Morgan fingerprint density at radius 2 is 1.91 bits per heavy atom. The molecule has 0 aliphatic rings. The molecule has 1 unspecified atom stereocenters. The molecule has 3 heteroatoms. The van der Waals surface area contributed by atoms with Gasteiger partial charge < -0.3 is 4.55 Å². The van der Waals surface area contributed by atoms with Crippen molar-refractivity contribution in [1.29, 1.82) is 0 Å². The van der Waals surface area contributed by atoms with Crippen LogP contribution in [-0.4, -0.2) is 14.5 Å². The standard InChI is InChI=1S/C8H10O2S/c9-11(10)7-6-8-4-2-1-3-5-8/h1-5H,6-7H2,(H,9,10)/p-1. The highest BCUT2D eigenvalue weighted by Gasteiger charge is 1.89. The summed E-state index contributed by atoms with van der Waals surface area (Å²) >= 11 is -1.92. The van der Waals surface area contributed by atoms with E-state index in [2.05, 4.69) is 0 Å². The van der Waals surface area contributed by atoms with E-state index in [0.29, 0.717) is 6.42 Å². The van der Waals surface area contributed by atoms with Crippen LogP contribution in [0.2, 0.25) is 0 Å². The van der Waals surface area contributed by atoms with Crippen molar-refractivity contribution in [1.82, 2.24) is 0 Å². The van der Waals surface area contributed by atoms with E-state index in [9.17, 15) is 8.76 Å². The van der Waals surface area contributed by atoms with E-state index in [0.717, 1.165) is 5.56 Å². The second-order valence-corrected chi connectivity index (χ2v) is 3.26. The van der Waals surface area contributed by atoms with Gasteiger partial charge in [0.25, 0.3) is 0 Å². The van der Waals surface area contributed by atoms with Crippen LogP contribution in [0.1, 0.15) is 5.56 Å². The van der Waals surface area contributed by atoms with Crippen molar-refractivity contribution in [3.8, 4) is 0 Å². The van der Waals surface area contributed by atoms with Crippen LogP contribution in [0.3, 0.4) is 0 Å². The Labute approximate surface area is 68.5 Å². The largest absolute Gasteiger partial charge is 0.772 e. The topological polar surface area (TPSA) is 40.1 Å². The molecule has 60 valence electrons. The van der Waals surface area contributed by atoms with Gasteiger partial charge in [-0.05, 0) is 12.0 Å². The second kappa shape index (κ2) is 4.26. The Morgan fingerprint density at radius 3 is 2.45 bits per heavy atom. The van der Waals surface area contributed by atoms with Crippen molar-refractivity contribution in [3.05, 3.63) is 35.9 Å². The Bertz CT molecular complexity index is 233. The molecule has 0 amide bonds. The smallest absolute Gasteiger partial charge is 0.0142 e. The predicted octanol–water partition coefficient (Wildman–Crippen LogP) is 1.11. The summed E-state index contributed by atoms with van der Waals surface area (Å²) in [7, 11) is 0. The number of hydrogen-bond acceptors (Lipinski definition) is 2. The maximum absolute atomic E-state index is 10.2. The number of hydrogen-bond donors (Lipinski definition) is 0. The van der Waals surface area contributed by atoms with Crippen LogP contribution in [0, 0.1) is 0 Å². The van der Waals surface area contributed by atoms with Crippen molar-refractivity contribution in [2.24, 2.45) is 0 Å². The highest BCUT2D eigenvalue weighted by Crippen LogP contribution is 1.99. The van der Waals surface area contributed by atoms with Gasteiger partial charge in [0.15, 0.2) is 0 Å². The van der Waals surface area contributed by atoms with Crippen LogP contribution >= 0.6 is 0 Å². The first kappa shape index (κ1) is 8.43. The summed E-state index contributed by atoms with van der Waals surface area (Å²) in [6, 6.07) is 9.57. The fourth-order valence-corrected chi connectivity index (χ4v) is 1.25. The van der Waals surface area contributed by atoms with Crippen molar-refractivity contribution in [2.45, 2.75) is 6.42 Å². The van der Waals surface area contributed by atoms with E-state index in [-0.39, 0.29) is 5.75 Å². The molecule has 1 atom stereocenters. The molecule has 0 saturated heterocycles. The molecule has 0 spiro atoms. The zero-order valence-electron chi connectivity index (χ0n) is 6.03. The van der Waals surface area contributed by atoms with Gasteiger partial charge in [-0.1, -0.05) is 41.4 Å². The third kappa shape index (κ3) is 3.30. The van der Waals surface area contributed by atoms with E-state index in [1.807, 2.05) is 30.3 Å². The maximum Gasteiger partial charge on any atom is 0.0142 e. The molecular weight excluding hydrogens is 160 g/mol. The minimum atomic E-state index is -1.92. The summed E-state index contributed by atoms with van der Waals surface area (Å²) in [4.78, 5) is 0. The molecule has 0 aliphatic carbocycles.